The maximum absolute atomic E-state index is 13.7. The Morgan fingerprint density at radius 1 is 1.39 bits per heavy atom. The molecule has 0 radical (unpaired) electrons. The number of amides is 1. The molecule has 0 saturated heterocycles. The molecular weight excluding hydrogens is 495 g/mol. The average Bonchev–Trinajstić information content (AvgIpc) is 3.24. The van der Waals surface area contributed by atoms with Gasteiger partial charge in [0.2, 0.25) is 5.91 Å². The first kappa shape index (κ1) is 23.3. The summed E-state index contributed by atoms with van der Waals surface area (Å²) >= 11 is 3.42. The normalized spacial score (nSPS) is 21.3. The molecule has 174 valence electrons. The largest absolute Gasteiger partial charge is 0.395 e. The van der Waals surface area contributed by atoms with Gasteiger partial charge in [-0.05, 0) is 59.6 Å². The van der Waals surface area contributed by atoms with E-state index in [4.69, 9.17) is 5.41 Å². The van der Waals surface area contributed by atoms with E-state index < -0.39 is 36.7 Å². The van der Waals surface area contributed by atoms with Crippen LogP contribution in [0.2, 0.25) is 0 Å². The Morgan fingerprint density at radius 3 is 2.82 bits per heavy atom. The molecule has 33 heavy (non-hydrogen) atoms. The molecule has 5 N–H and O–H groups in total. The second-order valence-corrected chi connectivity index (χ2v) is 9.27. The Balaban J connectivity index is 1.60. The standard InChI is InChI=1S/C22H24BrFN6O3/c1-11(28-21(33)22(2,9-31)10-32)18-17(23)19(25)30-20(29-18)15(8-27-30)13-5-12-6-14(24)3-4-16(12)26-7-13/h3-8,11,15,20,25,29,31-32H,9-10H2,1-2H3,(H,28,33). The molecule has 4 rings (SSSR count). The summed E-state index contributed by atoms with van der Waals surface area (Å²) in [7, 11) is 0. The summed E-state index contributed by atoms with van der Waals surface area (Å²) in [5, 5.41) is 40.2. The van der Waals surface area contributed by atoms with Gasteiger partial charge in [0.25, 0.3) is 0 Å². The van der Waals surface area contributed by atoms with E-state index in [1.54, 1.807) is 25.4 Å². The van der Waals surface area contributed by atoms with Gasteiger partial charge in [-0.25, -0.2) is 9.40 Å². The Labute approximate surface area is 198 Å². The summed E-state index contributed by atoms with van der Waals surface area (Å²) in [5.74, 6) is -1.04. The first-order chi connectivity index (χ1) is 15.7. The number of aliphatic hydroxyl groups excluding tert-OH is 2. The summed E-state index contributed by atoms with van der Waals surface area (Å²) in [6.45, 7) is 2.19. The fourth-order valence-corrected chi connectivity index (χ4v) is 4.41. The SMILES string of the molecule is CC(NC(=O)C(C)(CO)CO)C1=C(Br)C(=N)N2N=CC(c3cnc4ccc(F)cc4c3)C2N1. The summed E-state index contributed by atoms with van der Waals surface area (Å²) < 4.78 is 14.1. The van der Waals surface area contributed by atoms with Crippen LogP contribution in [0, 0.1) is 16.6 Å². The van der Waals surface area contributed by atoms with E-state index in [0.29, 0.717) is 21.1 Å². The monoisotopic (exact) mass is 518 g/mol. The molecule has 1 amide bonds. The van der Waals surface area contributed by atoms with E-state index in [-0.39, 0.29) is 17.6 Å². The molecule has 0 saturated carbocycles. The van der Waals surface area contributed by atoms with Gasteiger partial charge in [-0.3, -0.25) is 15.2 Å². The van der Waals surface area contributed by atoms with E-state index in [9.17, 15) is 19.4 Å². The maximum Gasteiger partial charge on any atom is 0.231 e. The Morgan fingerprint density at radius 2 is 2.12 bits per heavy atom. The molecule has 2 aliphatic heterocycles. The summed E-state index contributed by atoms with van der Waals surface area (Å²) in [5.41, 5.74) is 0.697. The number of aliphatic hydroxyl groups is 2. The average molecular weight is 519 g/mol. The Bertz CT molecular complexity index is 1180. The van der Waals surface area contributed by atoms with Gasteiger partial charge in [0, 0.05) is 17.8 Å². The van der Waals surface area contributed by atoms with Crippen molar-refractivity contribution in [3.8, 4) is 0 Å². The third kappa shape index (κ3) is 4.11. The lowest BCUT2D eigenvalue weighted by Gasteiger charge is -2.38. The van der Waals surface area contributed by atoms with Crippen molar-refractivity contribution in [2.75, 3.05) is 13.2 Å². The number of hydrogen-bond acceptors (Lipinski definition) is 7. The third-order valence-corrected chi connectivity index (χ3v) is 6.81. The number of pyridine rings is 1. The van der Waals surface area contributed by atoms with Crippen LogP contribution in [0.5, 0.6) is 0 Å². The summed E-state index contributed by atoms with van der Waals surface area (Å²) in [4.78, 5) is 17.0. The molecule has 2 aliphatic rings. The highest BCUT2D eigenvalue weighted by Crippen LogP contribution is 2.34. The molecule has 0 bridgehead atoms. The van der Waals surface area contributed by atoms with Crippen LogP contribution in [0.1, 0.15) is 25.3 Å². The van der Waals surface area contributed by atoms with Crippen molar-refractivity contribution in [1.29, 1.82) is 5.41 Å². The highest BCUT2D eigenvalue weighted by atomic mass is 79.9. The highest BCUT2D eigenvalue weighted by Gasteiger charge is 2.42. The number of aromatic nitrogens is 1. The number of amidine groups is 1. The molecule has 2 aromatic rings. The minimum atomic E-state index is -1.33. The van der Waals surface area contributed by atoms with Gasteiger partial charge >= 0.3 is 0 Å². The van der Waals surface area contributed by atoms with Gasteiger partial charge in [-0.1, -0.05) is 0 Å². The van der Waals surface area contributed by atoms with Gasteiger partial charge in [0.05, 0.1) is 46.3 Å². The zero-order chi connectivity index (χ0) is 23.9. The van der Waals surface area contributed by atoms with Crippen LogP contribution < -0.4 is 10.6 Å². The zero-order valence-corrected chi connectivity index (χ0v) is 19.6. The smallest absolute Gasteiger partial charge is 0.231 e. The minimum Gasteiger partial charge on any atom is -0.395 e. The fourth-order valence-electron chi connectivity index (χ4n) is 3.77. The predicted molar refractivity (Wildman–Crippen MR) is 125 cm³/mol. The van der Waals surface area contributed by atoms with E-state index in [1.165, 1.54) is 24.1 Å². The molecule has 11 heteroatoms. The minimum absolute atomic E-state index is 0.112. The van der Waals surface area contributed by atoms with Crippen molar-refractivity contribution in [1.82, 2.24) is 20.6 Å². The van der Waals surface area contributed by atoms with Gasteiger partial charge in [0.15, 0.2) is 5.84 Å². The van der Waals surface area contributed by atoms with E-state index in [1.807, 2.05) is 6.07 Å². The highest BCUT2D eigenvalue weighted by molar-refractivity contribution is 9.12. The molecule has 3 unspecified atom stereocenters. The molecule has 3 atom stereocenters. The van der Waals surface area contributed by atoms with E-state index in [2.05, 4.69) is 36.6 Å². The Kier molecular flexibility index (Phi) is 6.21. The second kappa shape index (κ2) is 8.81. The molecule has 1 aromatic heterocycles. The van der Waals surface area contributed by atoms with Gasteiger partial charge in [0.1, 0.15) is 12.0 Å². The first-order valence-corrected chi connectivity index (χ1v) is 11.1. The lowest BCUT2D eigenvalue weighted by molar-refractivity contribution is -0.135. The number of nitrogens with one attached hydrogen (secondary N) is 3. The number of hydrazone groups is 1. The van der Waals surface area contributed by atoms with Crippen LogP contribution in [0.4, 0.5) is 4.39 Å². The van der Waals surface area contributed by atoms with Crippen molar-refractivity contribution < 1.29 is 19.4 Å². The maximum atomic E-state index is 13.7. The zero-order valence-electron chi connectivity index (χ0n) is 18.0. The second-order valence-electron chi connectivity index (χ2n) is 8.48. The molecule has 9 nitrogen and oxygen atoms in total. The summed E-state index contributed by atoms with van der Waals surface area (Å²) in [6, 6.07) is 5.69. The van der Waals surface area contributed by atoms with E-state index >= 15 is 0 Å². The third-order valence-electron chi connectivity index (χ3n) is 6.01. The van der Waals surface area contributed by atoms with Gasteiger partial charge < -0.3 is 20.8 Å². The van der Waals surface area contributed by atoms with Crippen LogP contribution in [0.15, 0.2) is 45.7 Å². The van der Waals surface area contributed by atoms with Crippen LogP contribution in [0.25, 0.3) is 10.9 Å². The number of benzene rings is 1. The number of halogens is 2. The van der Waals surface area contributed by atoms with Crippen LogP contribution in [-0.2, 0) is 4.79 Å². The van der Waals surface area contributed by atoms with Crippen molar-refractivity contribution in [2.45, 2.75) is 32.0 Å². The fraction of sp³-hybridized carbons (Fsp3) is 0.364. The van der Waals surface area contributed by atoms with Crippen LogP contribution in [0.3, 0.4) is 0 Å². The summed E-state index contributed by atoms with van der Waals surface area (Å²) in [6.07, 6.45) is 2.95. The Hall–Kier alpha value is -2.89. The number of nitrogens with zero attached hydrogens (tertiary/aromatic N) is 3. The molecule has 0 spiro atoms. The number of carbonyl (C=O) groups is 1. The molecule has 0 aliphatic carbocycles. The van der Waals surface area contributed by atoms with Gasteiger partial charge in [-0.15, -0.1) is 0 Å². The van der Waals surface area contributed by atoms with Crippen LogP contribution >= 0.6 is 15.9 Å². The number of hydrogen-bond donors (Lipinski definition) is 5. The first-order valence-electron chi connectivity index (χ1n) is 10.3. The molecule has 0 fully saturated rings. The quantitative estimate of drug-likeness (QED) is 0.395. The van der Waals surface area contributed by atoms with Crippen molar-refractivity contribution in [2.24, 2.45) is 10.5 Å². The topological polar surface area (TPSA) is 134 Å². The number of carbonyl (C=O) groups excluding carboxylic acids is 1. The molecular formula is C22H24BrFN6O3. The van der Waals surface area contributed by atoms with Gasteiger partial charge in [-0.2, -0.15) is 5.10 Å². The molecule has 3 heterocycles. The lowest BCUT2D eigenvalue weighted by atomic mass is 9.91. The number of rotatable bonds is 6. The van der Waals surface area contributed by atoms with Crippen LogP contribution in [-0.4, -0.2) is 63.6 Å². The van der Waals surface area contributed by atoms with Crippen molar-refractivity contribution >= 4 is 44.8 Å². The van der Waals surface area contributed by atoms with Crippen molar-refractivity contribution in [3.63, 3.8) is 0 Å². The molecule has 1 aromatic carbocycles. The number of fused-ring (bicyclic) bond motifs is 2. The van der Waals surface area contributed by atoms with E-state index in [0.717, 1.165) is 5.56 Å². The predicted octanol–water partition coefficient (Wildman–Crippen LogP) is 1.77. The van der Waals surface area contributed by atoms with Crippen molar-refractivity contribution in [3.05, 3.63) is 52.0 Å². The lowest BCUT2D eigenvalue weighted by Crippen LogP contribution is -2.55.